The number of nitrogens with one attached hydrogen (secondary N) is 3. The first-order valence-electron chi connectivity index (χ1n) is 8.49. The van der Waals surface area contributed by atoms with Crippen molar-refractivity contribution in [1.29, 1.82) is 0 Å². The molecule has 0 aliphatic rings. The van der Waals surface area contributed by atoms with E-state index in [4.69, 9.17) is 27.9 Å². The Balaban J connectivity index is 1.58. The lowest BCUT2D eigenvalue weighted by Gasteiger charge is -2.13. The fourth-order valence-electron chi connectivity index (χ4n) is 2.31. The van der Waals surface area contributed by atoms with E-state index in [0.717, 1.165) is 0 Å². The lowest BCUT2D eigenvalue weighted by atomic mass is 10.3. The topological polar surface area (TPSA) is 92.3 Å². The molecule has 0 aliphatic heterocycles. The van der Waals surface area contributed by atoms with Gasteiger partial charge in [-0.05, 0) is 30.3 Å². The van der Waals surface area contributed by atoms with Crippen molar-refractivity contribution in [2.24, 2.45) is 0 Å². The van der Waals surface area contributed by atoms with E-state index in [0.29, 0.717) is 22.1 Å². The Morgan fingerprint density at radius 2 is 1.72 bits per heavy atom. The molecule has 148 valence electrons. The largest absolute Gasteiger partial charge is 0.435 e. The molecule has 3 rings (SSSR count). The lowest BCUT2D eigenvalue weighted by Crippen LogP contribution is -2.37. The van der Waals surface area contributed by atoms with Gasteiger partial charge in [0.25, 0.3) is 0 Å². The van der Waals surface area contributed by atoms with Gasteiger partial charge in [0.1, 0.15) is 5.02 Å². The van der Waals surface area contributed by atoms with E-state index < -0.39 is 11.9 Å². The summed E-state index contributed by atoms with van der Waals surface area (Å²) in [6, 6.07) is 16.6. The van der Waals surface area contributed by atoms with Gasteiger partial charge in [0.05, 0.1) is 17.3 Å². The second kappa shape index (κ2) is 9.77. The van der Waals surface area contributed by atoms with E-state index in [1.807, 2.05) is 6.07 Å². The molecule has 29 heavy (non-hydrogen) atoms. The minimum Gasteiger partial charge on any atom is -0.435 e. The molecule has 2 aromatic carbocycles. The number of imide groups is 1. The van der Waals surface area contributed by atoms with E-state index in [2.05, 4.69) is 20.9 Å². The standard InChI is InChI=1S/C20H16Cl2N4O3/c21-13-10-15(22)19(24-11-13)29-17-9-5-4-8-16(17)23-12-18(27)26-20(28)25-14-6-2-1-3-7-14/h1-11,23H,12H2,(H2,25,26,27,28). The molecule has 1 aromatic heterocycles. The zero-order valence-corrected chi connectivity index (χ0v) is 16.5. The number of amides is 3. The van der Waals surface area contributed by atoms with Crippen LogP contribution in [0.15, 0.2) is 66.9 Å². The quantitative estimate of drug-likeness (QED) is 0.514. The summed E-state index contributed by atoms with van der Waals surface area (Å²) in [5.41, 5.74) is 1.11. The molecule has 0 atom stereocenters. The third-order valence-electron chi connectivity index (χ3n) is 3.59. The lowest BCUT2D eigenvalue weighted by molar-refractivity contribution is -0.118. The molecule has 7 nitrogen and oxygen atoms in total. The van der Waals surface area contributed by atoms with E-state index in [9.17, 15) is 9.59 Å². The van der Waals surface area contributed by atoms with Gasteiger partial charge in [-0.1, -0.05) is 53.5 Å². The average molecular weight is 431 g/mol. The van der Waals surface area contributed by atoms with Crippen molar-refractivity contribution in [3.8, 4) is 11.6 Å². The van der Waals surface area contributed by atoms with Gasteiger partial charge in [-0.2, -0.15) is 0 Å². The molecular formula is C20H16Cl2N4O3. The van der Waals surface area contributed by atoms with E-state index >= 15 is 0 Å². The minimum atomic E-state index is -0.621. The van der Waals surface area contributed by atoms with Gasteiger partial charge in [-0.3, -0.25) is 10.1 Å². The number of carbonyl (C=O) groups excluding carboxylic acids is 2. The van der Waals surface area contributed by atoms with E-state index in [1.165, 1.54) is 12.3 Å². The normalized spacial score (nSPS) is 10.1. The number of rotatable bonds is 6. The fourth-order valence-corrected chi connectivity index (χ4v) is 2.73. The number of benzene rings is 2. The molecule has 9 heteroatoms. The number of nitrogens with zero attached hydrogens (tertiary/aromatic N) is 1. The molecule has 0 saturated carbocycles. The minimum absolute atomic E-state index is 0.148. The summed E-state index contributed by atoms with van der Waals surface area (Å²) < 4.78 is 5.71. The monoisotopic (exact) mass is 430 g/mol. The molecule has 1 heterocycles. The van der Waals surface area contributed by atoms with Crippen molar-refractivity contribution in [2.75, 3.05) is 17.2 Å². The van der Waals surface area contributed by atoms with Crippen LogP contribution < -0.4 is 20.7 Å². The Morgan fingerprint density at radius 1 is 1.00 bits per heavy atom. The summed E-state index contributed by atoms with van der Waals surface area (Å²) in [7, 11) is 0. The first-order chi connectivity index (χ1) is 14.0. The van der Waals surface area contributed by atoms with Crippen LogP contribution in [0.1, 0.15) is 0 Å². The van der Waals surface area contributed by atoms with Crippen molar-refractivity contribution in [1.82, 2.24) is 10.3 Å². The number of hydrogen-bond acceptors (Lipinski definition) is 5. The first kappa shape index (κ1) is 20.4. The van der Waals surface area contributed by atoms with Crippen LogP contribution >= 0.6 is 23.2 Å². The van der Waals surface area contributed by atoms with Crippen LogP contribution in [0.4, 0.5) is 16.2 Å². The second-order valence-corrected chi connectivity index (χ2v) is 6.60. The first-order valence-corrected chi connectivity index (χ1v) is 9.24. The van der Waals surface area contributed by atoms with Gasteiger partial charge in [0.15, 0.2) is 5.75 Å². The molecule has 3 aromatic rings. The Kier molecular flexibility index (Phi) is 6.89. The number of urea groups is 1. The number of aromatic nitrogens is 1. The number of pyridine rings is 1. The zero-order chi connectivity index (χ0) is 20.6. The van der Waals surface area contributed by atoms with Crippen LogP contribution in [-0.4, -0.2) is 23.5 Å². The number of anilines is 2. The van der Waals surface area contributed by atoms with Gasteiger partial charge >= 0.3 is 6.03 Å². The average Bonchev–Trinajstić information content (AvgIpc) is 2.70. The molecule has 3 N–H and O–H groups in total. The summed E-state index contributed by atoms with van der Waals surface area (Å²) in [6.07, 6.45) is 1.41. The van der Waals surface area contributed by atoms with Crippen molar-refractivity contribution < 1.29 is 14.3 Å². The molecule has 0 bridgehead atoms. The smallest absolute Gasteiger partial charge is 0.325 e. The number of para-hydroxylation sites is 3. The van der Waals surface area contributed by atoms with Gasteiger partial charge in [-0.25, -0.2) is 9.78 Å². The molecular weight excluding hydrogens is 415 g/mol. The Bertz CT molecular complexity index is 1020. The molecule has 0 saturated heterocycles. The summed E-state index contributed by atoms with van der Waals surface area (Å²) in [5.74, 6) is 0.0682. The molecule has 0 spiro atoms. The van der Waals surface area contributed by atoms with Crippen molar-refractivity contribution >= 4 is 46.5 Å². The predicted molar refractivity (Wildman–Crippen MR) is 113 cm³/mol. The van der Waals surface area contributed by atoms with Crippen LogP contribution in [0.2, 0.25) is 10.0 Å². The predicted octanol–water partition coefficient (Wildman–Crippen LogP) is 4.94. The van der Waals surface area contributed by atoms with Crippen LogP contribution in [-0.2, 0) is 4.79 Å². The van der Waals surface area contributed by atoms with Crippen LogP contribution in [0.3, 0.4) is 0 Å². The van der Waals surface area contributed by atoms with Crippen molar-refractivity contribution in [3.63, 3.8) is 0 Å². The molecule has 0 unspecified atom stereocenters. The van der Waals surface area contributed by atoms with E-state index in [1.54, 1.807) is 48.5 Å². The van der Waals surface area contributed by atoms with E-state index in [-0.39, 0.29) is 17.4 Å². The summed E-state index contributed by atoms with van der Waals surface area (Å²) in [6.45, 7) is -0.148. The number of ether oxygens (including phenoxy) is 1. The van der Waals surface area contributed by atoms with Crippen LogP contribution in [0.5, 0.6) is 11.6 Å². The maximum atomic E-state index is 12.1. The number of carbonyl (C=O) groups is 2. The second-order valence-electron chi connectivity index (χ2n) is 5.76. The van der Waals surface area contributed by atoms with Gasteiger partial charge < -0.3 is 15.4 Å². The maximum absolute atomic E-state index is 12.1. The van der Waals surface area contributed by atoms with Gasteiger partial charge in [0.2, 0.25) is 11.8 Å². The summed E-state index contributed by atoms with van der Waals surface area (Å²) in [5, 5.41) is 8.37. The molecule has 3 amide bonds. The van der Waals surface area contributed by atoms with Crippen molar-refractivity contribution in [2.45, 2.75) is 0 Å². The number of hydrogen-bond donors (Lipinski definition) is 3. The van der Waals surface area contributed by atoms with Crippen molar-refractivity contribution in [3.05, 3.63) is 76.9 Å². The summed E-state index contributed by atoms with van der Waals surface area (Å²) >= 11 is 11.9. The number of halogens is 2. The Hall–Kier alpha value is -3.29. The highest BCUT2D eigenvalue weighted by Gasteiger charge is 2.12. The third kappa shape index (κ3) is 6.10. The zero-order valence-electron chi connectivity index (χ0n) is 15.0. The van der Waals surface area contributed by atoms with Crippen LogP contribution in [0.25, 0.3) is 0 Å². The maximum Gasteiger partial charge on any atom is 0.325 e. The highest BCUT2D eigenvalue weighted by molar-refractivity contribution is 6.35. The summed E-state index contributed by atoms with van der Waals surface area (Å²) in [4.78, 5) is 28.0. The van der Waals surface area contributed by atoms with Crippen LogP contribution in [0, 0.1) is 0 Å². The fraction of sp³-hybridized carbons (Fsp3) is 0.0500. The van der Waals surface area contributed by atoms with Gasteiger partial charge in [0, 0.05) is 11.9 Å². The molecule has 0 fully saturated rings. The molecule has 0 radical (unpaired) electrons. The molecule has 0 aliphatic carbocycles. The Labute approximate surface area is 177 Å². The highest BCUT2D eigenvalue weighted by atomic mass is 35.5. The highest BCUT2D eigenvalue weighted by Crippen LogP contribution is 2.33. The van der Waals surface area contributed by atoms with Gasteiger partial charge in [-0.15, -0.1) is 0 Å². The Morgan fingerprint density at radius 3 is 2.48 bits per heavy atom. The SMILES string of the molecule is O=C(CNc1ccccc1Oc1ncc(Cl)cc1Cl)NC(=O)Nc1ccccc1. The third-order valence-corrected chi connectivity index (χ3v) is 4.07.